The second kappa shape index (κ2) is 21.1. The van der Waals surface area contributed by atoms with E-state index in [2.05, 4.69) is 319 Å². The first kappa shape index (κ1) is 55.5. The fourth-order valence-corrected chi connectivity index (χ4v) is 17.7. The fourth-order valence-electron chi connectivity index (χ4n) is 13.0. The van der Waals surface area contributed by atoms with Crippen molar-refractivity contribution in [1.29, 1.82) is 0 Å². The molecular weight excluding hydrogens is 1230 g/mol. The van der Waals surface area contributed by atoms with Crippen LogP contribution in [0.2, 0.25) is 0 Å². The summed E-state index contributed by atoms with van der Waals surface area (Å²) in [4.78, 5) is 5.10. The Morgan fingerprint density at radius 3 is 1.59 bits per heavy atom. The summed E-state index contributed by atoms with van der Waals surface area (Å²) in [6, 6.07) is 92.1. The number of hydrogen-bond acceptors (Lipinski definition) is 2. The Morgan fingerprint density at radius 2 is 0.988 bits per heavy atom. The molecule has 14 rings (SSSR count). The summed E-state index contributed by atoms with van der Waals surface area (Å²) < 4.78 is 13.8. The summed E-state index contributed by atoms with van der Waals surface area (Å²) in [7, 11) is -2.87. The van der Waals surface area contributed by atoms with E-state index in [-0.39, 0.29) is 37.3 Å². The van der Waals surface area contributed by atoms with Crippen LogP contribution in [0.25, 0.3) is 83.4 Å². The average molecular weight is 1300 g/mol. The SMILES string of the molecule is CC(C)(C)c1ccnc(-n2c3[c-]c(Oc4[c-]c(-n5[c-][n+]6c7c(cccc75)-c5ccccc5-c5ccccc5-c5cc(C(C)(C)C)cc(C(C)(C)C)c5-6)ccc4)ccc3c3cc([Si](c4ccccc4)(c4ccccc4)c4ccccc4)ccc32)c1.[Pt]. The van der Waals surface area contributed by atoms with Crippen molar-refractivity contribution in [3.05, 3.63) is 272 Å². The summed E-state index contributed by atoms with van der Waals surface area (Å²) in [5, 5.41) is 7.46. The minimum absolute atomic E-state index is 0. The van der Waals surface area contributed by atoms with Gasteiger partial charge in [0.25, 0.3) is 6.33 Å². The van der Waals surface area contributed by atoms with Crippen LogP contribution in [0.5, 0.6) is 11.5 Å². The van der Waals surface area contributed by atoms with Gasteiger partial charge >= 0.3 is 0 Å². The maximum Gasteiger partial charge on any atom is 0.268 e. The van der Waals surface area contributed by atoms with E-state index < -0.39 is 8.07 Å². The van der Waals surface area contributed by atoms with E-state index in [1.165, 1.54) is 65.3 Å². The van der Waals surface area contributed by atoms with Gasteiger partial charge in [0.15, 0.2) is 8.07 Å². The molecule has 0 atom stereocenters. The standard InChI is InChI=1S/C78H66N4OSi.Pt/c1-76(2,3)52-43-44-79-73(47-52)82-70-42-40-60(84(57-27-13-10-14-28-57,58-29-15-11-16-30-58)59-31-17-12-18-32-59)50-67(70)65-41-39-56(49-72(65)82)83-55-26-23-25-54(48-55)80-51-81-74-68(45-53(77(4,5)6)46-69(74)78(7,8)9)64-36-22-20-34-62(64)61-33-19-21-35-63(61)66-37-24-38-71(80)75(66)81;/h10-47,50H,1-9H3;/q-2;. The molecule has 10 aromatic carbocycles. The van der Waals surface area contributed by atoms with Crippen molar-refractivity contribution >= 4 is 61.7 Å². The molecule has 0 N–H and O–H groups in total. The van der Waals surface area contributed by atoms with Crippen molar-refractivity contribution in [2.75, 3.05) is 0 Å². The molecule has 0 aliphatic carbocycles. The van der Waals surface area contributed by atoms with Crippen LogP contribution in [-0.4, -0.2) is 22.2 Å². The number of rotatable bonds is 8. The van der Waals surface area contributed by atoms with Gasteiger partial charge < -0.3 is 13.9 Å². The third-order valence-electron chi connectivity index (χ3n) is 17.2. The Kier molecular flexibility index (Phi) is 13.8. The van der Waals surface area contributed by atoms with Gasteiger partial charge in [0.1, 0.15) is 5.82 Å². The van der Waals surface area contributed by atoms with Crippen molar-refractivity contribution in [3.63, 3.8) is 0 Å². The Balaban J connectivity index is 0.00000672. The first-order valence-corrected chi connectivity index (χ1v) is 31.3. The zero-order valence-electron chi connectivity index (χ0n) is 49.5. The molecule has 0 radical (unpaired) electrons. The normalized spacial score (nSPS) is 12.4. The largest absolute Gasteiger partial charge is 0.510 e. The quantitative estimate of drug-likeness (QED) is 0.0658. The smallest absolute Gasteiger partial charge is 0.268 e. The van der Waals surface area contributed by atoms with Crippen LogP contribution in [0.4, 0.5) is 0 Å². The molecule has 3 aromatic heterocycles. The molecule has 1 aliphatic heterocycles. The molecule has 0 spiro atoms. The molecule has 4 heterocycles. The van der Waals surface area contributed by atoms with E-state index in [1.807, 2.05) is 12.3 Å². The van der Waals surface area contributed by atoms with E-state index in [9.17, 15) is 0 Å². The molecular formula is C78H66N4OPtSi-2. The van der Waals surface area contributed by atoms with Gasteiger partial charge in [0.05, 0.1) is 16.7 Å². The third kappa shape index (κ3) is 9.42. The van der Waals surface area contributed by atoms with Gasteiger partial charge in [-0.25, -0.2) is 4.98 Å². The van der Waals surface area contributed by atoms with Crippen LogP contribution in [0.15, 0.2) is 237 Å². The average Bonchev–Trinajstić information content (AvgIpc) is 3.86. The Labute approximate surface area is 515 Å². The second-order valence-corrected chi connectivity index (χ2v) is 29.4. The van der Waals surface area contributed by atoms with Gasteiger partial charge in [-0.1, -0.05) is 250 Å². The van der Waals surface area contributed by atoms with Crippen molar-refractivity contribution in [2.45, 2.75) is 78.6 Å². The molecule has 5 nitrogen and oxygen atoms in total. The van der Waals surface area contributed by atoms with Crippen LogP contribution < -0.4 is 30.1 Å². The van der Waals surface area contributed by atoms with Crippen LogP contribution >= 0.6 is 0 Å². The van der Waals surface area contributed by atoms with Gasteiger partial charge in [-0.05, 0) is 116 Å². The Bertz CT molecular complexity index is 4600. The van der Waals surface area contributed by atoms with Crippen molar-refractivity contribution < 1.29 is 30.4 Å². The van der Waals surface area contributed by atoms with Gasteiger partial charge in [-0.2, -0.15) is 18.2 Å². The zero-order chi connectivity index (χ0) is 57.7. The zero-order valence-corrected chi connectivity index (χ0v) is 52.8. The predicted octanol–water partition coefficient (Wildman–Crippen LogP) is 16.2. The minimum atomic E-state index is -2.87. The number of aromatic nitrogens is 4. The van der Waals surface area contributed by atoms with Gasteiger partial charge in [0.2, 0.25) is 0 Å². The molecule has 0 bridgehead atoms. The molecule has 0 fully saturated rings. The second-order valence-electron chi connectivity index (χ2n) is 25.6. The van der Waals surface area contributed by atoms with E-state index >= 15 is 0 Å². The number of ether oxygens (including phenoxy) is 1. The summed E-state index contributed by atoms with van der Waals surface area (Å²) in [5.74, 6) is 1.96. The summed E-state index contributed by atoms with van der Waals surface area (Å²) in [6.45, 7) is 20.7. The summed E-state index contributed by atoms with van der Waals surface area (Å²) >= 11 is 0. The molecule has 1 aliphatic rings. The van der Waals surface area contributed by atoms with E-state index in [1.54, 1.807) is 0 Å². The molecule has 13 aromatic rings. The Hall–Kier alpha value is -8.67. The van der Waals surface area contributed by atoms with E-state index in [0.717, 1.165) is 55.6 Å². The Morgan fingerprint density at radius 1 is 0.435 bits per heavy atom. The first-order chi connectivity index (χ1) is 40.6. The maximum absolute atomic E-state index is 6.98. The van der Waals surface area contributed by atoms with Gasteiger partial charge in [-0.3, -0.25) is 4.57 Å². The van der Waals surface area contributed by atoms with Crippen molar-refractivity contribution in [2.24, 2.45) is 0 Å². The van der Waals surface area contributed by atoms with Crippen LogP contribution in [-0.2, 0) is 37.3 Å². The van der Waals surface area contributed by atoms with E-state index in [0.29, 0.717) is 11.5 Å². The maximum atomic E-state index is 6.98. The number of benzene rings is 10. The van der Waals surface area contributed by atoms with Crippen LogP contribution in [0.1, 0.15) is 79.0 Å². The number of fused-ring (bicyclic) bond motifs is 10. The van der Waals surface area contributed by atoms with Crippen molar-refractivity contribution in [3.8, 4) is 62.1 Å². The number of hydrogen-bond donors (Lipinski definition) is 0. The van der Waals surface area contributed by atoms with Gasteiger partial charge in [-0.15, -0.1) is 29.7 Å². The third-order valence-corrected chi connectivity index (χ3v) is 21.9. The molecule has 0 saturated heterocycles. The van der Waals surface area contributed by atoms with Crippen molar-refractivity contribution in [1.82, 2.24) is 14.1 Å². The predicted molar refractivity (Wildman–Crippen MR) is 350 cm³/mol. The molecule has 0 unspecified atom stereocenters. The molecule has 85 heavy (non-hydrogen) atoms. The van der Waals surface area contributed by atoms with Gasteiger partial charge in [0, 0.05) is 44.3 Å². The van der Waals surface area contributed by atoms with Crippen LogP contribution in [0, 0.1) is 18.5 Å². The number of imidazole rings is 1. The molecule has 420 valence electrons. The molecule has 0 amide bonds. The topological polar surface area (TPSA) is 35.9 Å². The summed E-state index contributed by atoms with van der Waals surface area (Å²) in [6.07, 6.45) is 5.92. The fraction of sp³-hybridized carbons (Fsp3) is 0.154. The summed E-state index contributed by atoms with van der Waals surface area (Å²) in [5.41, 5.74) is 16.4. The number of para-hydroxylation sites is 1. The first-order valence-electron chi connectivity index (χ1n) is 29.3. The van der Waals surface area contributed by atoms with Crippen LogP contribution in [0.3, 0.4) is 0 Å². The monoisotopic (exact) mass is 1300 g/mol. The number of nitrogens with zero attached hydrogens (tertiary/aromatic N) is 4. The molecule has 7 heteroatoms. The van der Waals surface area contributed by atoms with E-state index in [4.69, 9.17) is 9.72 Å². The molecule has 0 saturated carbocycles. The number of pyridine rings is 1. The minimum Gasteiger partial charge on any atom is -0.510 e.